The minimum absolute atomic E-state index is 0.0231. The monoisotopic (exact) mass is 272 g/mol. The molecule has 2 N–H and O–H groups in total. The van der Waals surface area contributed by atoms with Crippen molar-refractivity contribution in [2.45, 2.75) is 39.9 Å². The summed E-state index contributed by atoms with van der Waals surface area (Å²) in [6.45, 7) is 8.56. The van der Waals surface area contributed by atoms with Gasteiger partial charge in [-0.2, -0.15) is 0 Å². The summed E-state index contributed by atoms with van der Waals surface area (Å²) in [5.74, 6) is 0.348. The summed E-state index contributed by atoms with van der Waals surface area (Å²) in [4.78, 5) is 14.6. The lowest BCUT2D eigenvalue weighted by Crippen LogP contribution is -2.42. The Kier molecular flexibility index (Phi) is 5.10. The van der Waals surface area contributed by atoms with Crippen LogP contribution in [0.3, 0.4) is 0 Å². The third-order valence-electron chi connectivity index (χ3n) is 3.94. The van der Waals surface area contributed by atoms with Crippen molar-refractivity contribution >= 4 is 23.1 Å². The van der Waals surface area contributed by atoms with Crippen LogP contribution in [0.4, 0.5) is 0 Å². The third-order valence-corrected chi connectivity index (χ3v) is 4.34. The molecule has 1 aliphatic rings. The zero-order valence-electron chi connectivity index (χ0n) is 11.8. The Bertz CT molecular complexity index is 335. The maximum absolute atomic E-state index is 12.4. The number of hydrogen-bond donors (Lipinski definition) is 1. The van der Waals surface area contributed by atoms with Crippen LogP contribution in [0.1, 0.15) is 27.7 Å². The van der Waals surface area contributed by atoms with Crippen LogP contribution in [0.15, 0.2) is 0 Å². The molecule has 5 unspecified atom stereocenters. The lowest BCUT2D eigenvalue weighted by Gasteiger charge is -2.27. The van der Waals surface area contributed by atoms with Gasteiger partial charge in [-0.15, -0.1) is 0 Å². The third kappa shape index (κ3) is 3.20. The average molecular weight is 272 g/mol. The predicted molar refractivity (Wildman–Crippen MR) is 76.2 cm³/mol. The first-order chi connectivity index (χ1) is 8.25. The van der Waals surface area contributed by atoms with E-state index in [0.29, 0.717) is 11.5 Å². The van der Waals surface area contributed by atoms with Crippen LogP contribution in [-0.4, -0.2) is 41.6 Å². The Morgan fingerprint density at radius 3 is 2.33 bits per heavy atom. The van der Waals surface area contributed by atoms with Crippen molar-refractivity contribution in [2.24, 2.45) is 23.5 Å². The average Bonchev–Trinajstić information content (AvgIpc) is 2.52. The van der Waals surface area contributed by atoms with Gasteiger partial charge in [-0.05, 0) is 19.8 Å². The van der Waals surface area contributed by atoms with E-state index in [2.05, 4.69) is 6.92 Å². The molecule has 1 amide bonds. The van der Waals surface area contributed by atoms with Gasteiger partial charge >= 0.3 is 0 Å². The smallest absolute Gasteiger partial charge is 0.228 e. The van der Waals surface area contributed by atoms with Crippen LogP contribution in [0.25, 0.3) is 0 Å². The summed E-state index contributed by atoms with van der Waals surface area (Å²) in [5.41, 5.74) is 5.58. The number of nitrogens with zero attached hydrogens (tertiary/aromatic N) is 1. The summed E-state index contributed by atoms with van der Waals surface area (Å²) < 4.78 is 5.71. The summed E-state index contributed by atoms with van der Waals surface area (Å²) in [5, 5.41) is 0. The van der Waals surface area contributed by atoms with E-state index in [4.69, 9.17) is 22.7 Å². The minimum atomic E-state index is -0.0662. The number of ether oxygens (including phenoxy) is 1. The fraction of sp³-hybridized carbons (Fsp3) is 0.846. The number of hydrogen-bond acceptors (Lipinski definition) is 3. The van der Waals surface area contributed by atoms with Gasteiger partial charge in [0.1, 0.15) is 0 Å². The van der Waals surface area contributed by atoms with Crippen molar-refractivity contribution in [3.63, 3.8) is 0 Å². The van der Waals surface area contributed by atoms with E-state index < -0.39 is 0 Å². The fourth-order valence-corrected chi connectivity index (χ4v) is 2.61. The first-order valence-corrected chi connectivity index (χ1v) is 6.86. The van der Waals surface area contributed by atoms with E-state index in [-0.39, 0.29) is 35.9 Å². The summed E-state index contributed by atoms with van der Waals surface area (Å²) >= 11 is 4.94. The van der Waals surface area contributed by atoms with Crippen molar-refractivity contribution in [3.05, 3.63) is 0 Å². The van der Waals surface area contributed by atoms with Gasteiger partial charge in [0.05, 0.1) is 23.1 Å². The van der Waals surface area contributed by atoms with Crippen LogP contribution in [0.2, 0.25) is 0 Å². The molecule has 0 bridgehead atoms. The van der Waals surface area contributed by atoms with Gasteiger partial charge in [0, 0.05) is 19.5 Å². The van der Waals surface area contributed by atoms with Gasteiger partial charge in [0.15, 0.2) is 0 Å². The normalized spacial score (nSPS) is 33.2. The minimum Gasteiger partial charge on any atom is -0.393 e. The highest BCUT2D eigenvalue weighted by Crippen LogP contribution is 2.33. The largest absolute Gasteiger partial charge is 0.393 e. The van der Waals surface area contributed by atoms with Crippen LogP contribution in [0.5, 0.6) is 0 Å². The molecular formula is C13H24N2O2S. The van der Waals surface area contributed by atoms with Gasteiger partial charge in [-0.3, -0.25) is 4.79 Å². The Morgan fingerprint density at radius 2 is 1.94 bits per heavy atom. The van der Waals surface area contributed by atoms with Crippen LogP contribution < -0.4 is 5.73 Å². The van der Waals surface area contributed by atoms with Crippen molar-refractivity contribution in [1.29, 1.82) is 0 Å². The van der Waals surface area contributed by atoms with Crippen molar-refractivity contribution < 1.29 is 9.53 Å². The summed E-state index contributed by atoms with van der Waals surface area (Å²) in [7, 11) is 1.81. The fourth-order valence-electron chi connectivity index (χ4n) is 2.54. The number of amides is 1. The zero-order valence-corrected chi connectivity index (χ0v) is 12.7. The second-order valence-electron chi connectivity index (χ2n) is 5.45. The molecule has 1 aliphatic heterocycles. The molecule has 0 aromatic heterocycles. The van der Waals surface area contributed by atoms with Crippen LogP contribution in [0, 0.1) is 17.8 Å². The predicted octanol–water partition coefficient (Wildman–Crippen LogP) is 1.43. The Morgan fingerprint density at radius 1 is 1.39 bits per heavy atom. The topological polar surface area (TPSA) is 55.6 Å². The van der Waals surface area contributed by atoms with Gasteiger partial charge in [-0.1, -0.05) is 26.1 Å². The van der Waals surface area contributed by atoms with Crippen molar-refractivity contribution in [2.75, 3.05) is 13.6 Å². The van der Waals surface area contributed by atoms with E-state index in [1.165, 1.54) is 0 Å². The zero-order chi connectivity index (χ0) is 14.0. The number of thiocarbonyl (C=S) groups is 1. The second-order valence-corrected chi connectivity index (χ2v) is 5.92. The van der Waals surface area contributed by atoms with E-state index in [9.17, 15) is 4.79 Å². The Labute approximate surface area is 115 Å². The number of carbonyl (C=O) groups is 1. The molecule has 4 nitrogen and oxygen atoms in total. The number of rotatable bonds is 4. The van der Waals surface area contributed by atoms with Crippen LogP contribution in [-0.2, 0) is 9.53 Å². The van der Waals surface area contributed by atoms with Gasteiger partial charge < -0.3 is 15.4 Å². The molecule has 5 heteroatoms. The highest BCUT2D eigenvalue weighted by Gasteiger charge is 2.42. The molecule has 18 heavy (non-hydrogen) atoms. The van der Waals surface area contributed by atoms with E-state index in [1.807, 2.05) is 20.8 Å². The molecule has 1 heterocycles. The molecule has 0 saturated carbocycles. The lowest BCUT2D eigenvalue weighted by atomic mass is 9.88. The molecule has 0 radical (unpaired) electrons. The first kappa shape index (κ1) is 15.4. The Hall–Kier alpha value is -0.680. The summed E-state index contributed by atoms with van der Waals surface area (Å²) in [6, 6.07) is 0. The molecule has 1 rings (SSSR count). The van der Waals surface area contributed by atoms with E-state index in [1.54, 1.807) is 11.9 Å². The van der Waals surface area contributed by atoms with Gasteiger partial charge in [0.2, 0.25) is 5.91 Å². The van der Waals surface area contributed by atoms with Crippen molar-refractivity contribution in [3.8, 4) is 0 Å². The SMILES string of the molecule is CC(CN(C)C(=O)C1C(C)OC(C)C1C)C(N)=S. The lowest BCUT2D eigenvalue weighted by molar-refractivity contribution is -0.136. The molecule has 0 spiro atoms. The molecule has 104 valence electrons. The number of carbonyl (C=O) groups excluding carboxylic acids is 1. The highest BCUT2D eigenvalue weighted by molar-refractivity contribution is 7.80. The van der Waals surface area contributed by atoms with Gasteiger partial charge in [-0.25, -0.2) is 0 Å². The highest BCUT2D eigenvalue weighted by atomic mass is 32.1. The van der Waals surface area contributed by atoms with E-state index in [0.717, 1.165) is 0 Å². The number of nitrogens with two attached hydrogens (primary N) is 1. The van der Waals surface area contributed by atoms with E-state index >= 15 is 0 Å². The van der Waals surface area contributed by atoms with Crippen molar-refractivity contribution in [1.82, 2.24) is 4.90 Å². The second kappa shape index (κ2) is 5.97. The molecular weight excluding hydrogens is 248 g/mol. The maximum Gasteiger partial charge on any atom is 0.228 e. The molecule has 1 saturated heterocycles. The molecule has 0 aromatic carbocycles. The first-order valence-electron chi connectivity index (χ1n) is 6.45. The Balaban J connectivity index is 2.66. The van der Waals surface area contributed by atoms with Crippen LogP contribution >= 0.6 is 12.2 Å². The molecule has 0 aliphatic carbocycles. The van der Waals surface area contributed by atoms with Gasteiger partial charge in [0.25, 0.3) is 0 Å². The maximum atomic E-state index is 12.4. The summed E-state index contributed by atoms with van der Waals surface area (Å²) in [6.07, 6.45) is 0.112. The quantitative estimate of drug-likeness (QED) is 0.787. The standard InChI is InChI=1S/C13H24N2O2S/c1-7(12(14)18)6-15(5)13(16)11-8(2)9(3)17-10(11)4/h7-11H,6H2,1-5H3,(H2,14,18). The molecule has 1 fully saturated rings. The molecule has 5 atom stereocenters. The molecule has 0 aromatic rings.